The summed E-state index contributed by atoms with van der Waals surface area (Å²) in [6.45, 7) is 0.268. The van der Waals surface area contributed by atoms with Crippen molar-refractivity contribution in [3.8, 4) is 11.5 Å². The average molecular weight is 348 g/mol. The smallest absolute Gasteiger partial charge is 0.491 e. The van der Waals surface area contributed by atoms with E-state index in [9.17, 15) is 9.82 Å². The number of ether oxygens (including phenoxy) is 2. The van der Waals surface area contributed by atoms with Crippen molar-refractivity contribution in [1.29, 1.82) is 0 Å². The fraction of sp³-hybridized carbons (Fsp3) is 0.188. The maximum absolute atomic E-state index is 12.6. The Balaban J connectivity index is 1.90. The van der Waals surface area contributed by atoms with E-state index in [-0.39, 0.29) is 17.2 Å². The van der Waals surface area contributed by atoms with Crippen molar-refractivity contribution in [3.63, 3.8) is 0 Å². The zero-order chi connectivity index (χ0) is 17.3. The van der Waals surface area contributed by atoms with Crippen LogP contribution in [0.25, 0.3) is 0 Å². The third-order valence-electron chi connectivity index (χ3n) is 3.79. The SMILES string of the molecule is COc1ccc(NC(=O)c2cc3c(cc2Cl)COB3O)c(OC)c1. The Bertz CT molecular complexity index is 798. The molecule has 8 heteroatoms. The molecule has 2 aromatic rings. The van der Waals surface area contributed by atoms with E-state index in [1.54, 1.807) is 37.4 Å². The van der Waals surface area contributed by atoms with Crippen LogP contribution >= 0.6 is 11.6 Å². The van der Waals surface area contributed by atoms with Crippen molar-refractivity contribution < 1.29 is 23.9 Å². The molecule has 0 unspecified atom stereocenters. The number of benzene rings is 2. The van der Waals surface area contributed by atoms with Crippen molar-refractivity contribution in [3.05, 3.63) is 46.5 Å². The number of rotatable bonds is 4. The van der Waals surface area contributed by atoms with E-state index in [0.29, 0.717) is 22.6 Å². The van der Waals surface area contributed by atoms with Crippen LogP contribution in [0.2, 0.25) is 5.02 Å². The maximum atomic E-state index is 12.6. The first-order valence-electron chi connectivity index (χ1n) is 7.19. The topological polar surface area (TPSA) is 77.0 Å². The molecule has 2 N–H and O–H groups in total. The molecule has 3 rings (SSSR count). The number of amides is 1. The summed E-state index contributed by atoms with van der Waals surface area (Å²) in [4.78, 5) is 12.6. The van der Waals surface area contributed by atoms with Crippen LogP contribution < -0.4 is 20.3 Å². The lowest BCUT2D eigenvalue weighted by Crippen LogP contribution is -2.29. The molecule has 0 fully saturated rings. The minimum Gasteiger partial charge on any atom is -0.497 e. The number of methoxy groups -OCH3 is 2. The summed E-state index contributed by atoms with van der Waals surface area (Å²) >= 11 is 6.19. The summed E-state index contributed by atoms with van der Waals surface area (Å²) in [6, 6.07) is 8.22. The summed E-state index contributed by atoms with van der Waals surface area (Å²) in [5.74, 6) is 0.661. The van der Waals surface area contributed by atoms with Gasteiger partial charge in [0.15, 0.2) is 0 Å². The molecule has 0 atom stereocenters. The zero-order valence-electron chi connectivity index (χ0n) is 13.1. The van der Waals surface area contributed by atoms with Crippen LogP contribution in [0, 0.1) is 0 Å². The molecule has 0 radical (unpaired) electrons. The third-order valence-corrected chi connectivity index (χ3v) is 4.11. The monoisotopic (exact) mass is 347 g/mol. The molecule has 0 saturated heterocycles. The molecule has 1 aliphatic heterocycles. The number of fused-ring (bicyclic) bond motifs is 1. The van der Waals surface area contributed by atoms with E-state index >= 15 is 0 Å². The van der Waals surface area contributed by atoms with E-state index in [1.807, 2.05) is 0 Å². The van der Waals surface area contributed by atoms with Crippen LogP contribution in [0.1, 0.15) is 15.9 Å². The minimum absolute atomic E-state index is 0.248. The largest absolute Gasteiger partial charge is 0.497 e. The summed E-state index contributed by atoms with van der Waals surface area (Å²) in [6.07, 6.45) is 0. The summed E-state index contributed by atoms with van der Waals surface area (Å²) in [5.41, 5.74) is 2.05. The van der Waals surface area contributed by atoms with E-state index < -0.39 is 13.0 Å². The first-order valence-corrected chi connectivity index (χ1v) is 7.56. The molecule has 1 amide bonds. The Morgan fingerprint density at radius 3 is 2.79 bits per heavy atom. The highest BCUT2D eigenvalue weighted by atomic mass is 35.5. The molecule has 2 aromatic carbocycles. The van der Waals surface area contributed by atoms with E-state index in [0.717, 1.165) is 5.56 Å². The lowest BCUT2D eigenvalue weighted by Gasteiger charge is -2.13. The normalized spacial score (nSPS) is 12.8. The number of carbonyl (C=O) groups excluding carboxylic acids is 1. The predicted octanol–water partition coefficient (Wildman–Crippen LogP) is 1.83. The fourth-order valence-corrected chi connectivity index (χ4v) is 2.78. The molecule has 1 heterocycles. The van der Waals surface area contributed by atoms with Crippen LogP contribution in [0.4, 0.5) is 5.69 Å². The van der Waals surface area contributed by atoms with Crippen LogP contribution in [-0.2, 0) is 11.3 Å². The van der Waals surface area contributed by atoms with Crippen LogP contribution in [0.15, 0.2) is 30.3 Å². The van der Waals surface area contributed by atoms with Gasteiger partial charge in [0.05, 0.1) is 37.1 Å². The maximum Gasteiger partial charge on any atom is 0.491 e. The van der Waals surface area contributed by atoms with Gasteiger partial charge in [0.25, 0.3) is 5.91 Å². The Hall–Kier alpha value is -2.22. The molecular formula is C16H15BClNO5. The highest BCUT2D eigenvalue weighted by Gasteiger charge is 2.29. The van der Waals surface area contributed by atoms with Gasteiger partial charge in [-0.1, -0.05) is 11.6 Å². The fourth-order valence-electron chi connectivity index (χ4n) is 2.51. The number of hydrogen-bond donors (Lipinski definition) is 2. The molecular weight excluding hydrogens is 332 g/mol. The molecule has 0 aromatic heterocycles. The first-order chi connectivity index (χ1) is 11.5. The highest BCUT2D eigenvalue weighted by Crippen LogP contribution is 2.30. The van der Waals surface area contributed by atoms with Crippen LogP contribution in [-0.4, -0.2) is 32.3 Å². The number of carbonyl (C=O) groups is 1. The Morgan fingerprint density at radius 1 is 1.29 bits per heavy atom. The van der Waals surface area contributed by atoms with Gasteiger partial charge in [-0.15, -0.1) is 0 Å². The van der Waals surface area contributed by atoms with Crippen molar-refractivity contribution in [2.24, 2.45) is 0 Å². The number of nitrogens with one attached hydrogen (secondary N) is 1. The molecule has 0 aliphatic carbocycles. The Morgan fingerprint density at radius 2 is 2.08 bits per heavy atom. The third kappa shape index (κ3) is 3.06. The molecule has 6 nitrogen and oxygen atoms in total. The van der Waals surface area contributed by atoms with E-state index in [4.69, 9.17) is 25.7 Å². The van der Waals surface area contributed by atoms with Crippen molar-refractivity contribution >= 4 is 35.8 Å². The molecule has 0 spiro atoms. The van der Waals surface area contributed by atoms with Crippen molar-refractivity contribution in [2.45, 2.75) is 6.61 Å². The molecule has 124 valence electrons. The average Bonchev–Trinajstić information content (AvgIpc) is 2.94. The van der Waals surface area contributed by atoms with Gasteiger partial charge in [-0.2, -0.15) is 0 Å². The highest BCUT2D eigenvalue weighted by molar-refractivity contribution is 6.61. The van der Waals surface area contributed by atoms with Gasteiger partial charge in [-0.3, -0.25) is 4.79 Å². The van der Waals surface area contributed by atoms with Gasteiger partial charge in [-0.25, -0.2) is 0 Å². The minimum atomic E-state index is -1.04. The van der Waals surface area contributed by atoms with Crippen LogP contribution in [0.5, 0.6) is 11.5 Å². The zero-order valence-corrected chi connectivity index (χ0v) is 13.9. The molecule has 1 aliphatic rings. The van der Waals surface area contributed by atoms with E-state index in [1.165, 1.54) is 7.11 Å². The van der Waals surface area contributed by atoms with Crippen molar-refractivity contribution in [1.82, 2.24) is 0 Å². The predicted molar refractivity (Wildman–Crippen MR) is 91.3 cm³/mol. The summed E-state index contributed by atoms with van der Waals surface area (Å²) < 4.78 is 15.5. The van der Waals surface area contributed by atoms with Gasteiger partial charge in [0.2, 0.25) is 0 Å². The first kappa shape index (κ1) is 16.6. The lowest BCUT2D eigenvalue weighted by molar-refractivity contribution is 0.102. The molecule has 0 bridgehead atoms. The summed E-state index contributed by atoms with van der Waals surface area (Å²) in [5, 5.41) is 12.8. The van der Waals surface area contributed by atoms with Crippen LogP contribution in [0.3, 0.4) is 0 Å². The summed E-state index contributed by atoms with van der Waals surface area (Å²) in [7, 11) is 2.00. The van der Waals surface area contributed by atoms with Gasteiger partial charge < -0.3 is 24.5 Å². The molecule has 0 saturated carbocycles. The number of anilines is 1. The molecule has 24 heavy (non-hydrogen) atoms. The van der Waals surface area contributed by atoms with Gasteiger partial charge >= 0.3 is 7.12 Å². The Labute approximate surface area is 144 Å². The second kappa shape index (κ2) is 6.72. The number of hydrogen-bond acceptors (Lipinski definition) is 5. The second-order valence-corrected chi connectivity index (χ2v) is 5.62. The van der Waals surface area contributed by atoms with Crippen molar-refractivity contribution in [2.75, 3.05) is 19.5 Å². The quantitative estimate of drug-likeness (QED) is 0.825. The Kier molecular flexibility index (Phi) is 4.66. The van der Waals surface area contributed by atoms with E-state index in [2.05, 4.69) is 5.32 Å². The number of halogens is 1. The van der Waals surface area contributed by atoms with Gasteiger partial charge in [0, 0.05) is 6.07 Å². The standard InChI is InChI=1S/C16H15BClNO5/c1-22-10-3-4-14(15(6-10)23-2)19-16(20)11-7-12-9(5-13(11)18)8-24-17(12)21/h3-7,21H,8H2,1-2H3,(H,19,20). The van der Waals surface area contributed by atoms with Gasteiger partial charge in [-0.05, 0) is 35.3 Å². The second-order valence-electron chi connectivity index (χ2n) is 5.21. The lowest BCUT2D eigenvalue weighted by atomic mass is 9.78. The van der Waals surface area contributed by atoms with Gasteiger partial charge in [0.1, 0.15) is 11.5 Å².